The Balaban J connectivity index is 3.12. The number of aliphatic hydroxyl groups is 1. The van der Waals surface area contributed by atoms with Crippen molar-refractivity contribution in [3.63, 3.8) is 0 Å². The van der Waals surface area contributed by atoms with E-state index in [4.69, 9.17) is 28.9 Å². The average Bonchev–Trinajstić information content (AvgIpc) is 2.03. The van der Waals surface area contributed by atoms with Crippen molar-refractivity contribution in [3.05, 3.63) is 33.8 Å². The van der Waals surface area contributed by atoms with E-state index in [9.17, 15) is 5.11 Å². The van der Waals surface area contributed by atoms with Crippen molar-refractivity contribution in [3.8, 4) is 0 Å². The minimum Gasteiger partial charge on any atom is -0.391 e. The van der Waals surface area contributed by atoms with Crippen LogP contribution in [0.1, 0.15) is 18.5 Å². The van der Waals surface area contributed by atoms with E-state index in [2.05, 4.69) is 0 Å². The third-order valence-corrected chi connectivity index (χ3v) is 2.51. The maximum Gasteiger partial charge on any atom is 0.0705 e. The monoisotopic (exact) mass is 219 g/mol. The molecule has 0 bridgehead atoms. The zero-order chi connectivity index (χ0) is 10.0. The molecule has 0 heterocycles. The van der Waals surface area contributed by atoms with Gasteiger partial charge in [0.05, 0.1) is 12.1 Å². The van der Waals surface area contributed by atoms with Gasteiger partial charge in [-0.1, -0.05) is 29.3 Å². The summed E-state index contributed by atoms with van der Waals surface area (Å²) in [6, 6.07) is 4.60. The molecule has 0 radical (unpaired) electrons. The molecule has 0 aromatic heterocycles. The normalized spacial score (nSPS) is 15.5. The van der Waals surface area contributed by atoms with Crippen molar-refractivity contribution in [1.82, 2.24) is 0 Å². The van der Waals surface area contributed by atoms with Crippen LogP contribution in [0.2, 0.25) is 10.0 Å². The molecule has 2 atom stereocenters. The molecule has 3 N–H and O–H groups in total. The van der Waals surface area contributed by atoms with Crippen LogP contribution in [-0.4, -0.2) is 11.2 Å². The molecule has 72 valence electrons. The van der Waals surface area contributed by atoms with Crippen LogP contribution < -0.4 is 5.73 Å². The molecule has 0 saturated carbocycles. The standard InChI is InChI=1S/C9H11Cl2NO/c1-5(13)9(12)8-6(10)3-2-4-7(8)11/h2-5,9,13H,12H2,1H3/t5-,9+/m0/s1. The molecule has 0 aliphatic heterocycles. The van der Waals surface area contributed by atoms with Gasteiger partial charge in [0.15, 0.2) is 0 Å². The summed E-state index contributed by atoms with van der Waals surface area (Å²) in [5.41, 5.74) is 6.32. The van der Waals surface area contributed by atoms with Gasteiger partial charge in [-0.2, -0.15) is 0 Å². The first-order valence-corrected chi connectivity index (χ1v) is 4.67. The van der Waals surface area contributed by atoms with E-state index in [1.54, 1.807) is 25.1 Å². The summed E-state index contributed by atoms with van der Waals surface area (Å²) >= 11 is 11.8. The Morgan fingerprint density at radius 3 is 2.15 bits per heavy atom. The van der Waals surface area contributed by atoms with Gasteiger partial charge in [0, 0.05) is 15.6 Å². The summed E-state index contributed by atoms with van der Waals surface area (Å²) in [5, 5.41) is 10.3. The van der Waals surface area contributed by atoms with Crippen molar-refractivity contribution >= 4 is 23.2 Å². The minimum absolute atomic E-state index is 0.487. The van der Waals surface area contributed by atoms with Crippen LogP contribution >= 0.6 is 23.2 Å². The number of halogens is 2. The van der Waals surface area contributed by atoms with Gasteiger partial charge >= 0.3 is 0 Å². The molecule has 0 fully saturated rings. The largest absolute Gasteiger partial charge is 0.391 e. The zero-order valence-corrected chi connectivity index (χ0v) is 8.68. The van der Waals surface area contributed by atoms with Crippen molar-refractivity contribution in [2.45, 2.75) is 19.1 Å². The predicted octanol–water partition coefficient (Wildman–Crippen LogP) is 2.37. The predicted molar refractivity (Wildman–Crippen MR) is 55.1 cm³/mol. The molecule has 4 heteroatoms. The van der Waals surface area contributed by atoms with Gasteiger partial charge in [-0.05, 0) is 19.1 Å². The fourth-order valence-corrected chi connectivity index (χ4v) is 1.72. The second-order valence-electron chi connectivity index (χ2n) is 2.90. The molecule has 1 aromatic carbocycles. The molecule has 0 unspecified atom stereocenters. The lowest BCUT2D eigenvalue weighted by atomic mass is 10.0. The number of benzene rings is 1. The Labute approximate surface area is 87.3 Å². The van der Waals surface area contributed by atoms with E-state index in [-0.39, 0.29) is 0 Å². The Morgan fingerprint density at radius 1 is 1.31 bits per heavy atom. The summed E-state index contributed by atoms with van der Waals surface area (Å²) in [6.07, 6.45) is -0.669. The van der Waals surface area contributed by atoms with E-state index < -0.39 is 12.1 Å². The highest BCUT2D eigenvalue weighted by Gasteiger charge is 2.17. The van der Waals surface area contributed by atoms with E-state index in [1.165, 1.54) is 0 Å². The molecule has 0 aliphatic carbocycles. The summed E-state index contributed by atoms with van der Waals surface area (Å²) < 4.78 is 0. The van der Waals surface area contributed by atoms with Crippen LogP contribution in [-0.2, 0) is 0 Å². The second kappa shape index (κ2) is 4.29. The first-order valence-electron chi connectivity index (χ1n) is 3.91. The first kappa shape index (κ1) is 10.8. The van der Waals surface area contributed by atoms with Crippen LogP contribution in [0.3, 0.4) is 0 Å². The molecule has 13 heavy (non-hydrogen) atoms. The van der Waals surface area contributed by atoms with Crippen molar-refractivity contribution in [2.75, 3.05) is 0 Å². The first-order chi connectivity index (χ1) is 6.04. The fraction of sp³-hybridized carbons (Fsp3) is 0.333. The molecule has 1 rings (SSSR count). The lowest BCUT2D eigenvalue weighted by molar-refractivity contribution is 0.164. The van der Waals surface area contributed by atoms with Crippen LogP contribution in [0.5, 0.6) is 0 Å². The van der Waals surface area contributed by atoms with Gasteiger partial charge < -0.3 is 10.8 Å². The molecule has 2 nitrogen and oxygen atoms in total. The Kier molecular flexibility index (Phi) is 3.56. The summed E-state index contributed by atoms with van der Waals surface area (Å²) in [4.78, 5) is 0. The van der Waals surface area contributed by atoms with Crippen molar-refractivity contribution < 1.29 is 5.11 Å². The summed E-state index contributed by atoms with van der Waals surface area (Å²) in [5.74, 6) is 0. The Hall–Kier alpha value is -0.280. The lowest BCUT2D eigenvalue weighted by Gasteiger charge is -2.17. The number of hydrogen-bond donors (Lipinski definition) is 2. The molecule has 0 aliphatic rings. The van der Waals surface area contributed by atoms with E-state index >= 15 is 0 Å². The van der Waals surface area contributed by atoms with Crippen LogP contribution in [0.25, 0.3) is 0 Å². The van der Waals surface area contributed by atoms with Crippen molar-refractivity contribution in [1.29, 1.82) is 0 Å². The maximum atomic E-state index is 9.28. The summed E-state index contributed by atoms with van der Waals surface area (Å²) in [7, 11) is 0. The van der Waals surface area contributed by atoms with Crippen LogP contribution in [0.4, 0.5) is 0 Å². The highest BCUT2D eigenvalue weighted by molar-refractivity contribution is 6.36. The number of aliphatic hydroxyl groups excluding tert-OH is 1. The molecular weight excluding hydrogens is 209 g/mol. The van der Waals surface area contributed by atoms with E-state index in [1.807, 2.05) is 0 Å². The number of nitrogens with two attached hydrogens (primary N) is 1. The van der Waals surface area contributed by atoms with Gasteiger partial charge in [-0.25, -0.2) is 0 Å². The quantitative estimate of drug-likeness (QED) is 0.803. The molecular formula is C9H11Cl2NO. The third-order valence-electron chi connectivity index (χ3n) is 1.85. The van der Waals surface area contributed by atoms with Gasteiger partial charge in [0.1, 0.15) is 0 Å². The van der Waals surface area contributed by atoms with E-state index in [0.717, 1.165) is 0 Å². The third kappa shape index (κ3) is 2.35. The molecule has 1 aromatic rings. The molecule has 0 saturated heterocycles. The number of hydrogen-bond acceptors (Lipinski definition) is 2. The Morgan fingerprint density at radius 2 is 1.77 bits per heavy atom. The average molecular weight is 220 g/mol. The molecule has 0 spiro atoms. The lowest BCUT2D eigenvalue weighted by Crippen LogP contribution is -2.23. The second-order valence-corrected chi connectivity index (χ2v) is 3.72. The smallest absolute Gasteiger partial charge is 0.0705 e. The van der Waals surface area contributed by atoms with Crippen molar-refractivity contribution in [2.24, 2.45) is 5.73 Å². The summed E-state index contributed by atoms with van der Waals surface area (Å²) in [6.45, 7) is 1.60. The highest BCUT2D eigenvalue weighted by Crippen LogP contribution is 2.30. The van der Waals surface area contributed by atoms with Gasteiger partial charge in [-0.15, -0.1) is 0 Å². The highest BCUT2D eigenvalue weighted by atomic mass is 35.5. The Bertz CT molecular complexity index is 281. The minimum atomic E-state index is -0.669. The van der Waals surface area contributed by atoms with Crippen LogP contribution in [0, 0.1) is 0 Å². The SMILES string of the molecule is C[C@H](O)[C@@H](N)c1c(Cl)cccc1Cl. The van der Waals surface area contributed by atoms with Gasteiger partial charge in [-0.3, -0.25) is 0 Å². The maximum absolute atomic E-state index is 9.28. The fourth-order valence-electron chi connectivity index (χ4n) is 1.07. The number of rotatable bonds is 2. The molecule has 0 amide bonds. The van der Waals surface area contributed by atoms with Gasteiger partial charge in [0.25, 0.3) is 0 Å². The van der Waals surface area contributed by atoms with Gasteiger partial charge in [0.2, 0.25) is 0 Å². The topological polar surface area (TPSA) is 46.2 Å². The van der Waals surface area contributed by atoms with Crippen LogP contribution in [0.15, 0.2) is 18.2 Å². The zero-order valence-electron chi connectivity index (χ0n) is 7.17. The van der Waals surface area contributed by atoms with E-state index in [0.29, 0.717) is 15.6 Å².